The van der Waals surface area contributed by atoms with Crippen LogP contribution in [0.4, 0.5) is 0 Å². The van der Waals surface area contributed by atoms with Gasteiger partial charge in [0.25, 0.3) is 0 Å². The molecule has 0 saturated carbocycles. The van der Waals surface area contributed by atoms with Crippen molar-refractivity contribution in [1.29, 1.82) is 0 Å². The monoisotopic (exact) mass is 636 g/mol. The van der Waals surface area contributed by atoms with Crippen molar-refractivity contribution in [2.45, 2.75) is 39.0 Å². The molecule has 2 aromatic heterocycles. The maximum atomic E-state index is 13.8. The first kappa shape index (κ1) is 30.9. The molecule has 0 unspecified atom stereocenters. The summed E-state index contributed by atoms with van der Waals surface area (Å²) in [6.45, 7) is 3.65. The lowest BCUT2D eigenvalue weighted by Crippen LogP contribution is -2.32. The number of benzene rings is 4. The molecule has 2 heterocycles. The molecule has 0 radical (unpaired) electrons. The van der Waals surface area contributed by atoms with Gasteiger partial charge in [0, 0.05) is 24.0 Å². The van der Waals surface area contributed by atoms with E-state index >= 15 is 0 Å². The lowest BCUT2D eigenvalue weighted by atomic mass is 9.83. The van der Waals surface area contributed by atoms with Crippen LogP contribution >= 0.6 is 0 Å². The second-order valence-corrected chi connectivity index (χ2v) is 11.8. The highest BCUT2D eigenvalue weighted by molar-refractivity contribution is 6.30. The highest BCUT2D eigenvalue weighted by Gasteiger charge is 2.35. The van der Waals surface area contributed by atoms with E-state index in [1.165, 1.54) is 11.1 Å². The highest BCUT2D eigenvalue weighted by Crippen LogP contribution is 2.38. The molecule has 0 fully saturated rings. The van der Waals surface area contributed by atoms with Crippen LogP contribution in [0.3, 0.4) is 0 Å². The minimum Gasteiger partial charge on any atom is -0.493 e. The fraction of sp³-hybridized carbons (Fsp3) is 0.200. The van der Waals surface area contributed by atoms with Crippen molar-refractivity contribution in [1.82, 2.24) is 9.13 Å². The van der Waals surface area contributed by atoms with Crippen LogP contribution < -0.4 is 18.6 Å². The molecule has 6 aromatic rings. The Morgan fingerprint density at radius 2 is 0.958 bits per heavy atom. The van der Waals surface area contributed by atoms with Crippen molar-refractivity contribution in [2.24, 2.45) is 0 Å². The van der Waals surface area contributed by atoms with Crippen molar-refractivity contribution < 1.29 is 28.2 Å². The van der Waals surface area contributed by atoms with Gasteiger partial charge in [-0.3, -0.25) is 9.59 Å². The van der Waals surface area contributed by atoms with E-state index in [2.05, 4.69) is 36.9 Å². The summed E-state index contributed by atoms with van der Waals surface area (Å²) in [5.41, 5.74) is 3.73. The summed E-state index contributed by atoms with van der Waals surface area (Å²) in [4.78, 5) is 27.5. The molecule has 48 heavy (non-hydrogen) atoms. The number of ether oxygens (including phenoxy) is 2. The Labute approximate surface area is 280 Å². The summed E-state index contributed by atoms with van der Waals surface area (Å²) in [6.07, 6.45) is 16.1. The number of carbonyl (C=O) groups excluding carboxylic acids is 2. The maximum Gasteiger partial charge on any atom is 0.204 e. The summed E-state index contributed by atoms with van der Waals surface area (Å²) in [5, 5.41) is 0. The number of hydrogen-bond acceptors (Lipinski definition) is 4. The van der Waals surface area contributed by atoms with Crippen LogP contribution in [0.2, 0.25) is 0 Å². The van der Waals surface area contributed by atoms with Crippen LogP contribution in [0, 0.1) is 12.7 Å². The Hall–Kier alpha value is -5.76. The Kier molecular flexibility index (Phi) is 9.22. The summed E-state index contributed by atoms with van der Waals surface area (Å²) in [6, 6.07) is 31.0. The number of ketones is 2. The molecule has 0 bridgehead atoms. The molecular formula is C40H36N4O4. The lowest BCUT2D eigenvalue weighted by molar-refractivity contribution is -0.701. The van der Waals surface area contributed by atoms with Gasteiger partial charge in [0.2, 0.25) is 12.7 Å². The molecule has 240 valence electrons. The van der Waals surface area contributed by atoms with Gasteiger partial charge in [0.05, 0.1) is 50.5 Å². The average molecular weight is 637 g/mol. The van der Waals surface area contributed by atoms with Gasteiger partial charge in [-0.25, -0.2) is 0 Å². The van der Waals surface area contributed by atoms with E-state index in [1.807, 2.05) is 79.5 Å². The molecule has 8 nitrogen and oxygen atoms in total. The highest BCUT2D eigenvalue weighted by atomic mass is 16.5. The summed E-state index contributed by atoms with van der Waals surface area (Å²) in [5.74, 6) is 0.328. The Morgan fingerprint density at radius 3 is 1.40 bits per heavy atom. The second-order valence-electron chi connectivity index (χ2n) is 11.8. The number of rotatable bonds is 14. The molecule has 7 rings (SSSR count). The SMILES string of the molecule is O=C1c2ccccc2C(=O)c2c(OCCC[n+]3[c-]n(Cc4ccccc4)cc3)ccc(OCCC[n+]3[c-]n(Cc4ccccc4)cc3)c21. The fourth-order valence-electron chi connectivity index (χ4n) is 6.01. The third kappa shape index (κ3) is 6.98. The molecule has 0 aliphatic heterocycles. The van der Waals surface area contributed by atoms with E-state index in [-0.39, 0.29) is 22.7 Å². The summed E-state index contributed by atoms with van der Waals surface area (Å²) < 4.78 is 20.4. The van der Waals surface area contributed by atoms with Gasteiger partial charge < -0.3 is 27.7 Å². The second kappa shape index (κ2) is 14.3. The number of aromatic nitrogens is 4. The molecule has 0 amide bonds. The van der Waals surface area contributed by atoms with Crippen molar-refractivity contribution >= 4 is 11.6 Å². The fourth-order valence-corrected chi connectivity index (χ4v) is 6.01. The number of fused-ring (bicyclic) bond motifs is 2. The van der Waals surface area contributed by atoms with E-state index in [4.69, 9.17) is 9.47 Å². The van der Waals surface area contributed by atoms with Crippen molar-refractivity contribution in [3.05, 3.63) is 168 Å². The van der Waals surface area contributed by atoms with E-state index in [0.29, 0.717) is 61.8 Å². The average Bonchev–Trinajstić information content (AvgIpc) is 3.77. The topological polar surface area (TPSA) is 70.2 Å². The normalized spacial score (nSPS) is 12.1. The van der Waals surface area contributed by atoms with Gasteiger partial charge in [-0.05, 0) is 48.0 Å². The first-order chi connectivity index (χ1) is 23.6. The molecule has 8 heteroatoms. The molecule has 0 spiro atoms. The number of aryl methyl sites for hydroxylation is 2. The van der Waals surface area contributed by atoms with Crippen LogP contribution in [0.25, 0.3) is 0 Å². The largest absolute Gasteiger partial charge is 0.493 e. The van der Waals surface area contributed by atoms with Crippen LogP contribution in [-0.4, -0.2) is 33.9 Å². The van der Waals surface area contributed by atoms with E-state index < -0.39 is 0 Å². The third-order valence-corrected chi connectivity index (χ3v) is 8.36. The summed E-state index contributed by atoms with van der Waals surface area (Å²) >= 11 is 0. The van der Waals surface area contributed by atoms with E-state index in [1.54, 1.807) is 36.4 Å². The number of imidazole rings is 2. The Balaban J connectivity index is 0.993. The van der Waals surface area contributed by atoms with Gasteiger partial charge in [-0.15, -0.1) is 0 Å². The zero-order chi connectivity index (χ0) is 32.7. The van der Waals surface area contributed by atoms with Gasteiger partial charge in [0.1, 0.15) is 11.5 Å². The van der Waals surface area contributed by atoms with Crippen LogP contribution in [0.15, 0.2) is 122 Å². The first-order valence-corrected chi connectivity index (χ1v) is 16.3. The van der Waals surface area contributed by atoms with Gasteiger partial charge in [-0.2, -0.15) is 0 Å². The Morgan fingerprint density at radius 1 is 0.542 bits per heavy atom. The smallest absolute Gasteiger partial charge is 0.204 e. The maximum absolute atomic E-state index is 13.8. The van der Waals surface area contributed by atoms with E-state index in [0.717, 1.165) is 13.1 Å². The van der Waals surface area contributed by atoms with Crippen molar-refractivity contribution in [2.75, 3.05) is 13.2 Å². The van der Waals surface area contributed by atoms with Crippen LogP contribution in [0.1, 0.15) is 55.8 Å². The van der Waals surface area contributed by atoms with E-state index in [9.17, 15) is 9.59 Å². The van der Waals surface area contributed by atoms with Gasteiger partial charge >= 0.3 is 0 Å². The number of hydrogen-bond donors (Lipinski definition) is 0. The number of carbonyl (C=O) groups is 2. The van der Waals surface area contributed by atoms with Crippen molar-refractivity contribution in [3.8, 4) is 11.5 Å². The van der Waals surface area contributed by atoms with Crippen LogP contribution in [0.5, 0.6) is 11.5 Å². The molecule has 1 aliphatic carbocycles. The quantitative estimate of drug-likeness (QED) is 0.0927. The lowest BCUT2D eigenvalue weighted by Gasteiger charge is -2.23. The van der Waals surface area contributed by atoms with Crippen molar-refractivity contribution in [3.63, 3.8) is 0 Å². The minimum absolute atomic E-state index is 0.230. The summed E-state index contributed by atoms with van der Waals surface area (Å²) in [7, 11) is 0. The Bertz CT molecular complexity index is 1890. The third-order valence-electron chi connectivity index (χ3n) is 8.36. The number of nitrogens with zero attached hydrogens (tertiary/aromatic N) is 4. The predicted octanol–water partition coefficient (Wildman–Crippen LogP) is 5.28. The van der Waals surface area contributed by atoms with Gasteiger partial charge in [-0.1, -0.05) is 84.9 Å². The molecule has 0 atom stereocenters. The van der Waals surface area contributed by atoms with Gasteiger partial charge in [0.15, 0.2) is 11.6 Å². The predicted molar refractivity (Wildman–Crippen MR) is 178 cm³/mol. The molecule has 0 saturated heterocycles. The minimum atomic E-state index is -0.230. The zero-order valence-corrected chi connectivity index (χ0v) is 26.6. The molecular weight excluding hydrogens is 600 g/mol. The zero-order valence-electron chi connectivity index (χ0n) is 26.6. The molecule has 1 aliphatic rings. The first-order valence-electron chi connectivity index (χ1n) is 16.3. The molecule has 0 N–H and O–H groups in total. The van der Waals surface area contributed by atoms with Crippen LogP contribution in [-0.2, 0) is 26.2 Å². The standard InChI is InChI=1S/C40H36N4O4/c45-39-33-15-7-8-16-34(33)40(46)38-36(48-26-10-20-42-22-24-44(30-42)28-32-13-5-2-6-14-32)18-17-35(37(38)39)47-25-9-19-41-21-23-43(29-41)27-31-11-3-1-4-12-31/h1-8,11-18,21-24H,9-10,19-20,25-28H2. The molecule has 4 aromatic carbocycles.